The van der Waals surface area contributed by atoms with Gasteiger partial charge in [-0.25, -0.2) is 17.6 Å². The maximum absolute atomic E-state index is 14.8. The zero-order valence-corrected chi connectivity index (χ0v) is 18.1. The summed E-state index contributed by atoms with van der Waals surface area (Å²) >= 11 is 0. The average molecular weight is 445 g/mol. The lowest BCUT2D eigenvalue weighted by atomic mass is 9.80. The second-order valence-corrected chi connectivity index (χ2v) is 9.71. The number of ether oxygens (including phenoxy) is 1. The Balaban J connectivity index is 1.23. The predicted molar refractivity (Wildman–Crippen MR) is 117 cm³/mol. The Bertz CT molecular complexity index is 995. The molecule has 2 aromatic rings. The summed E-state index contributed by atoms with van der Waals surface area (Å²) in [5, 5.41) is 0. The highest BCUT2D eigenvalue weighted by Crippen LogP contribution is 2.41. The molecule has 2 aromatic carbocycles. The van der Waals surface area contributed by atoms with Crippen LogP contribution >= 0.6 is 0 Å². The number of hydrogen-bond donors (Lipinski definition) is 0. The van der Waals surface area contributed by atoms with Crippen LogP contribution in [0.3, 0.4) is 0 Å². The molecule has 0 aromatic heterocycles. The summed E-state index contributed by atoms with van der Waals surface area (Å²) in [4.78, 5) is 0. The van der Waals surface area contributed by atoms with E-state index in [0.29, 0.717) is 12.0 Å². The molecule has 5 rings (SSSR count). The molecule has 170 valence electrons. The minimum Gasteiger partial charge on any atom is -0.378 e. The van der Waals surface area contributed by atoms with Gasteiger partial charge in [-0.2, -0.15) is 0 Å². The standard InChI is InChI=1S/C27H28F4O/c28-23-12-20(8-9-22(23)21-13-24(29)27(31)25(30)14-21)18-4-6-19(7-5-18)26-10-3-17(15-32-26)11-16-1-2-16/h4,8-9,12-14,16-17,19,26H,1-3,5-7,10-11,15H2. The van der Waals surface area contributed by atoms with E-state index in [4.69, 9.17) is 4.74 Å². The highest BCUT2D eigenvalue weighted by molar-refractivity contribution is 5.71. The van der Waals surface area contributed by atoms with E-state index in [2.05, 4.69) is 6.08 Å². The van der Waals surface area contributed by atoms with Crippen molar-refractivity contribution in [1.82, 2.24) is 0 Å². The van der Waals surface area contributed by atoms with Gasteiger partial charge in [0, 0.05) is 12.2 Å². The van der Waals surface area contributed by atoms with Crippen molar-refractivity contribution >= 4 is 5.57 Å². The molecule has 3 unspecified atom stereocenters. The van der Waals surface area contributed by atoms with E-state index >= 15 is 0 Å². The molecule has 1 saturated carbocycles. The fraction of sp³-hybridized carbons (Fsp3) is 0.481. The number of halogens is 4. The molecule has 0 spiro atoms. The highest BCUT2D eigenvalue weighted by Gasteiger charge is 2.32. The van der Waals surface area contributed by atoms with Gasteiger partial charge >= 0.3 is 0 Å². The van der Waals surface area contributed by atoms with Crippen molar-refractivity contribution < 1.29 is 22.3 Å². The van der Waals surface area contributed by atoms with Gasteiger partial charge < -0.3 is 4.74 Å². The molecule has 1 heterocycles. The Kier molecular flexibility index (Phi) is 6.11. The van der Waals surface area contributed by atoms with Gasteiger partial charge in [0.25, 0.3) is 0 Å². The van der Waals surface area contributed by atoms with Gasteiger partial charge in [-0.15, -0.1) is 0 Å². The minimum atomic E-state index is -1.55. The van der Waals surface area contributed by atoms with Crippen molar-refractivity contribution in [3.8, 4) is 11.1 Å². The second kappa shape index (κ2) is 9.01. The van der Waals surface area contributed by atoms with Crippen LogP contribution in [0.2, 0.25) is 0 Å². The summed E-state index contributed by atoms with van der Waals surface area (Å²) in [5.41, 5.74) is 1.90. The third kappa shape index (κ3) is 4.63. The number of hydrogen-bond acceptors (Lipinski definition) is 1. The molecule has 1 aliphatic heterocycles. The van der Waals surface area contributed by atoms with E-state index in [9.17, 15) is 17.6 Å². The van der Waals surface area contributed by atoms with Crippen LogP contribution in [0.5, 0.6) is 0 Å². The molecule has 1 nitrogen and oxygen atoms in total. The Morgan fingerprint density at radius 2 is 1.50 bits per heavy atom. The molecule has 0 N–H and O–H groups in total. The largest absolute Gasteiger partial charge is 0.378 e. The zero-order valence-electron chi connectivity index (χ0n) is 18.1. The third-order valence-corrected chi connectivity index (χ3v) is 7.38. The molecule has 1 saturated heterocycles. The molecule has 3 atom stereocenters. The molecule has 0 radical (unpaired) electrons. The topological polar surface area (TPSA) is 9.23 Å². The SMILES string of the molecule is Fc1cc(C2=CCC(C3CCC(CC4CC4)CO3)CC2)ccc1-c1cc(F)c(F)c(F)c1. The van der Waals surface area contributed by atoms with E-state index in [1.54, 1.807) is 6.07 Å². The smallest absolute Gasteiger partial charge is 0.194 e. The molecular weight excluding hydrogens is 416 g/mol. The molecular formula is C27H28F4O. The number of allylic oxidation sites excluding steroid dienone is 2. The maximum atomic E-state index is 14.8. The summed E-state index contributed by atoms with van der Waals surface area (Å²) in [5.74, 6) is -2.58. The van der Waals surface area contributed by atoms with E-state index in [-0.39, 0.29) is 11.1 Å². The normalized spacial score (nSPS) is 26.1. The van der Waals surface area contributed by atoms with Crippen molar-refractivity contribution in [3.05, 3.63) is 65.2 Å². The van der Waals surface area contributed by atoms with E-state index in [0.717, 1.165) is 67.4 Å². The zero-order chi connectivity index (χ0) is 22.2. The van der Waals surface area contributed by atoms with Crippen molar-refractivity contribution in [2.24, 2.45) is 17.8 Å². The highest BCUT2D eigenvalue weighted by atomic mass is 19.2. The first kappa shape index (κ1) is 21.7. The Labute approximate surface area is 186 Å². The van der Waals surface area contributed by atoms with Crippen molar-refractivity contribution in [1.29, 1.82) is 0 Å². The molecule has 5 heteroatoms. The van der Waals surface area contributed by atoms with E-state index in [1.165, 1.54) is 37.8 Å². The first-order chi connectivity index (χ1) is 15.5. The Hall–Kier alpha value is -2.14. The maximum Gasteiger partial charge on any atom is 0.194 e. The quantitative estimate of drug-likeness (QED) is 0.339. The van der Waals surface area contributed by atoms with Crippen LogP contribution in [0.15, 0.2) is 36.4 Å². The van der Waals surface area contributed by atoms with Gasteiger partial charge in [0.05, 0.1) is 6.10 Å². The molecule has 3 aliphatic rings. The van der Waals surface area contributed by atoms with Gasteiger partial charge in [0.2, 0.25) is 0 Å². The van der Waals surface area contributed by atoms with Crippen LogP contribution in [-0.2, 0) is 4.74 Å². The van der Waals surface area contributed by atoms with Crippen LogP contribution in [0.4, 0.5) is 17.6 Å². The first-order valence-corrected chi connectivity index (χ1v) is 11.7. The summed E-state index contributed by atoms with van der Waals surface area (Å²) in [6.45, 7) is 0.894. The van der Waals surface area contributed by atoms with Crippen molar-refractivity contribution in [2.45, 2.75) is 57.5 Å². The van der Waals surface area contributed by atoms with Gasteiger partial charge in [-0.1, -0.05) is 31.1 Å². The average Bonchev–Trinajstić information content (AvgIpc) is 3.62. The van der Waals surface area contributed by atoms with Crippen molar-refractivity contribution in [3.63, 3.8) is 0 Å². The number of benzene rings is 2. The van der Waals surface area contributed by atoms with Gasteiger partial charge in [0.1, 0.15) is 5.82 Å². The predicted octanol–water partition coefficient (Wildman–Crippen LogP) is 7.69. The lowest BCUT2D eigenvalue weighted by molar-refractivity contribution is -0.0514. The van der Waals surface area contributed by atoms with Crippen LogP contribution in [-0.4, -0.2) is 12.7 Å². The van der Waals surface area contributed by atoms with E-state index in [1.807, 2.05) is 0 Å². The molecule has 2 aliphatic carbocycles. The number of rotatable bonds is 5. The summed E-state index contributed by atoms with van der Waals surface area (Å²) in [6, 6.07) is 6.32. The van der Waals surface area contributed by atoms with Gasteiger partial charge in [-0.05, 0) is 91.2 Å². The summed E-state index contributed by atoms with van der Waals surface area (Å²) in [6.07, 6.45) is 11.8. The van der Waals surface area contributed by atoms with Crippen molar-refractivity contribution in [2.75, 3.05) is 6.61 Å². The molecule has 0 bridgehead atoms. The third-order valence-electron chi connectivity index (χ3n) is 7.38. The lowest BCUT2D eigenvalue weighted by Crippen LogP contribution is -2.33. The van der Waals surface area contributed by atoms with Crippen LogP contribution in [0.1, 0.15) is 56.9 Å². The minimum absolute atomic E-state index is 0.0161. The second-order valence-electron chi connectivity index (χ2n) is 9.71. The molecule has 32 heavy (non-hydrogen) atoms. The van der Waals surface area contributed by atoms with Gasteiger partial charge in [0.15, 0.2) is 17.5 Å². The molecule has 0 amide bonds. The first-order valence-electron chi connectivity index (χ1n) is 11.7. The van der Waals surface area contributed by atoms with Crippen LogP contribution < -0.4 is 0 Å². The van der Waals surface area contributed by atoms with Crippen LogP contribution in [0, 0.1) is 41.0 Å². The Morgan fingerprint density at radius 1 is 0.781 bits per heavy atom. The monoisotopic (exact) mass is 444 g/mol. The fourth-order valence-electron chi connectivity index (χ4n) is 5.32. The summed E-state index contributed by atoms with van der Waals surface area (Å²) in [7, 11) is 0. The van der Waals surface area contributed by atoms with Gasteiger partial charge in [-0.3, -0.25) is 0 Å². The summed E-state index contributed by atoms with van der Waals surface area (Å²) < 4.78 is 61.3. The lowest BCUT2D eigenvalue weighted by Gasteiger charge is -2.35. The fourth-order valence-corrected chi connectivity index (χ4v) is 5.32. The molecule has 2 fully saturated rings. The van der Waals surface area contributed by atoms with E-state index < -0.39 is 23.3 Å². The Morgan fingerprint density at radius 3 is 2.09 bits per heavy atom. The van der Waals surface area contributed by atoms with Crippen LogP contribution in [0.25, 0.3) is 16.7 Å².